The first-order valence-electron chi connectivity index (χ1n) is 14.9. The summed E-state index contributed by atoms with van der Waals surface area (Å²) < 4.78 is 2.11. The fourth-order valence-electron chi connectivity index (χ4n) is 9.16. The van der Waals surface area contributed by atoms with Crippen LogP contribution in [0, 0.1) is 23.7 Å². The number of aromatic nitrogens is 2. The van der Waals surface area contributed by atoms with Crippen LogP contribution in [0.1, 0.15) is 77.2 Å². The van der Waals surface area contributed by atoms with Gasteiger partial charge in [-0.15, -0.1) is 0 Å². The number of fused-ring (bicyclic) bond motifs is 5. The Morgan fingerprint density at radius 1 is 0.919 bits per heavy atom. The van der Waals surface area contributed by atoms with Crippen LogP contribution in [0.3, 0.4) is 0 Å². The summed E-state index contributed by atoms with van der Waals surface area (Å²) in [5.41, 5.74) is 1.90. The van der Waals surface area contributed by atoms with E-state index in [1.54, 1.807) is 0 Å². The van der Waals surface area contributed by atoms with Gasteiger partial charge < -0.3 is 14.6 Å². The van der Waals surface area contributed by atoms with Crippen molar-refractivity contribution in [1.82, 2.24) is 14.5 Å². The van der Waals surface area contributed by atoms with Gasteiger partial charge in [-0.3, -0.25) is 9.69 Å². The molecule has 4 heterocycles. The topological polar surface area (TPSA) is 61.6 Å². The molecule has 1 N–H and O–H groups in total. The maximum absolute atomic E-state index is 14.0. The van der Waals surface area contributed by atoms with Crippen molar-refractivity contribution >= 4 is 16.9 Å². The Bertz CT molecular complexity index is 1220. The highest BCUT2D eigenvalue weighted by atomic mass is 16.3. The molecule has 198 valence electrons. The summed E-state index contributed by atoms with van der Waals surface area (Å²) in [5.74, 6) is 3.54. The Balaban J connectivity index is 1.19. The summed E-state index contributed by atoms with van der Waals surface area (Å²) in [4.78, 5) is 23.8. The minimum absolute atomic E-state index is 0.0293. The zero-order valence-electron chi connectivity index (χ0n) is 22.3. The van der Waals surface area contributed by atoms with Gasteiger partial charge in [-0.2, -0.15) is 0 Å². The lowest BCUT2D eigenvalue weighted by Gasteiger charge is -2.56. The smallest absolute Gasteiger partial charge is 0.294 e. The first-order chi connectivity index (χ1) is 17.9. The molecule has 1 aromatic carbocycles. The van der Waals surface area contributed by atoms with E-state index in [-0.39, 0.29) is 23.3 Å². The molecule has 4 atom stereocenters. The molecule has 2 aromatic rings. The summed E-state index contributed by atoms with van der Waals surface area (Å²) in [7, 11) is 0. The standard InChI is InChI=1S/C31H42N4O2/c1-19-10-21-12-22(11-19)14-26(13-21)34-24-6-5-7-25(34)16-27(15-24)35-29-9-4-3-8-28(29)32-30(31(35)37)33-17-23(18-33)20(2)36/h3-4,8-9,19,21-27,36H,2,5-7,10-18H2,1H3. The molecule has 3 saturated heterocycles. The van der Waals surface area contributed by atoms with Gasteiger partial charge in [0, 0.05) is 37.3 Å². The molecular weight excluding hydrogens is 460 g/mol. The minimum atomic E-state index is 0.0293. The molecule has 7 rings (SSSR count). The SMILES string of the molecule is C=C(O)C1CN(c2nc3ccccc3n(C3CC4CCCC(C3)N4C3CC4CC(C)CC(C4)C3)c2=O)C1. The van der Waals surface area contributed by atoms with Gasteiger partial charge >= 0.3 is 0 Å². The summed E-state index contributed by atoms with van der Waals surface area (Å²) >= 11 is 0. The molecule has 2 saturated carbocycles. The molecule has 37 heavy (non-hydrogen) atoms. The molecule has 2 aliphatic carbocycles. The van der Waals surface area contributed by atoms with Gasteiger partial charge in [-0.05, 0) is 87.7 Å². The van der Waals surface area contributed by atoms with Gasteiger partial charge in [0.2, 0.25) is 0 Å². The van der Waals surface area contributed by atoms with Crippen molar-refractivity contribution in [3.63, 3.8) is 0 Å². The van der Waals surface area contributed by atoms with E-state index < -0.39 is 0 Å². The van der Waals surface area contributed by atoms with Crippen molar-refractivity contribution in [2.45, 2.75) is 95.3 Å². The molecule has 0 spiro atoms. The number of benzene rings is 1. The van der Waals surface area contributed by atoms with E-state index in [2.05, 4.69) is 29.0 Å². The highest BCUT2D eigenvalue weighted by Crippen LogP contribution is 2.48. The highest BCUT2D eigenvalue weighted by Gasteiger charge is 2.46. The Labute approximate surface area is 220 Å². The third-order valence-electron chi connectivity index (χ3n) is 10.6. The van der Waals surface area contributed by atoms with Gasteiger partial charge in [0.25, 0.3) is 5.56 Å². The van der Waals surface area contributed by atoms with Gasteiger partial charge in [0.15, 0.2) is 5.82 Å². The van der Waals surface area contributed by atoms with Crippen LogP contribution in [0.5, 0.6) is 0 Å². The van der Waals surface area contributed by atoms with Crippen molar-refractivity contribution in [1.29, 1.82) is 0 Å². The lowest BCUT2D eigenvalue weighted by Crippen LogP contribution is -2.59. The zero-order chi connectivity index (χ0) is 25.3. The summed E-state index contributed by atoms with van der Waals surface area (Å²) in [6.07, 6.45) is 13.1. The van der Waals surface area contributed by atoms with Crippen molar-refractivity contribution in [3.05, 3.63) is 47.0 Å². The molecule has 4 unspecified atom stereocenters. The van der Waals surface area contributed by atoms with Crippen LogP contribution in [0.2, 0.25) is 0 Å². The Morgan fingerprint density at radius 3 is 2.27 bits per heavy atom. The van der Waals surface area contributed by atoms with Gasteiger partial charge in [0.1, 0.15) is 0 Å². The summed E-state index contributed by atoms with van der Waals surface area (Å²) in [5, 5.41) is 9.80. The predicted molar refractivity (Wildman–Crippen MR) is 148 cm³/mol. The second-order valence-corrected chi connectivity index (χ2v) is 13.2. The number of aliphatic hydroxyl groups excluding tert-OH is 1. The van der Waals surface area contributed by atoms with Crippen LogP contribution >= 0.6 is 0 Å². The van der Waals surface area contributed by atoms with E-state index in [1.807, 2.05) is 23.1 Å². The number of anilines is 1. The molecule has 5 aliphatic rings. The molecule has 3 aliphatic heterocycles. The molecule has 6 nitrogen and oxygen atoms in total. The van der Waals surface area contributed by atoms with E-state index >= 15 is 0 Å². The van der Waals surface area contributed by atoms with Crippen LogP contribution in [-0.4, -0.2) is 50.8 Å². The van der Waals surface area contributed by atoms with Crippen LogP contribution in [-0.2, 0) is 0 Å². The number of piperidine rings is 2. The first-order valence-corrected chi connectivity index (χ1v) is 14.9. The number of hydrogen-bond acceptors (Lipinski definition) is 5. The first kappa shape index (κ1) is 23.8. The number of para-hydroxylation sites is 2. The molecule has 5 fully saturated rings. The van der Waals surface area contributed by atoms with Crippen molar-refractivity contribution < 1.29 is 5.11 Å². The highest BCUT2D eigenvalue weighted by molar-refractivity contribution is 5.76. The largest absolute Gasteiger partial charge is 0.513 e. The van der Waals surface area contributed by atoms with Crippen molar-refractivity contribution in [2.24, 2.45) is 23.7 Å². The summed E-state index contributed by atoms with van der Waals surface area (Å²) in [6.45, 7) is 7.38. The van der Waals surface area contributed by atoms with E-state index in [1.165, 1.54) is 51.4 Å². The Kier molecular flexibility index (Phi) is 5.87. The fraction of sp³-hybridized carbons (Fsp3) is 0.677. The average Bonchev–Trinajstić information content (AvgIpc) is 2.81. The molecule has 6 heteroatoms. The monoisotopic (exact) mass is 502 g/mol. The number of nitrogens with zero attached hydrogens (tertiary/aromatic N) is 4. The quantitative estimate of drug-likeness (QED) is 0.545. The van der Waals surface area contributed by atoms with Gasteiger partial charge in [0.05, 0.1) is 22.7 Å². The van der Waals surface area contributed by atoms with Crippen molar-refractivity contribution in [3.8, 4) is 0 Å². The van der Waals surface area contributed by atoms with Gasteiger partial charge in [-0.25, -0.2) is 4.98 Å². The number of aliphatic hydroxyl groups is 1. The lowest BCUT2D eigenvalue weighted by atomic mass is 9.65. The van der Waals surface area contributed by atoms with Crippen LogP contribution in [0.25, 0.3) is 11.0 Å². The van der Waals surface area contributed by atoms with Gasteiger partial charge in [-0.1, -0.05) is 32.1 Å². The maximum Gasteiger partial charge on any atom is 0.294 e. The van der Waals surface area contributed by atoms with Crippen LogP contribution < -0.4 is 10.5 Å². The van der Waals surface area contributed by atoms with Crippen molar-refractivity contribution in [2.75, 3.05) is 18.0 Å². The fourth-order valence-corrected chi connectivity index (χ4v) is 9.16. The predicted octanol–water partition coefficient (Wildman–Crippen LogP) is 5.68. The molecule has 0 amide bonds. The third kappa shape index (κ3) is 4.10. The molecule has 4 bridgehead atoms. The number of hydrogen-bond donors (Lipinski definition) is 1. The van der Waals surface area contributed by atoms with E-state index in [0.717, 1.165) is 47.7 Å². The average molecular weight is 503 g/mol. The Morgan fingerprint density at radius 2 is 1.59 bits per heavy atom. The normalized spacial score (nSPS) is 36.4. The van der Waals surface area contributed by atoms with Crippen LogP contribution in [0.15, 0.2) is 41.4 Å². The second kappa shape index (κ2) is 9.14. The summed E-state index contributed by atoms with van der Waals surface area (Å²) in [6, 6.07) is 10.3. The number of rotatable bonds is 4. The second-order valence-electron chi connectivity index (χ2n) is 13.2. The van der Waals surface area contributed by atoms with E-state index in [9.17, 15) is 9.90 Å². The van der Waals surface area contributed by atoms with E-state index in [0.29, 0.717) is 31.0 Å². The van der Waals surface area contributed by atoms with E-state index in [4.69, 9.17) is 4.98 Å². The van der Waals surface area contributed by atoms with Crippen LogP contribution in [0.4, 0.5) is 5.82 Å². The molecular formula is C31H42N4O2. The third-order valence-corrected chi connectivity index (χ3v) is 10.6. The Hall–Kier alpha value is -2.34. The maximum atomic E-state index is 14.0. The molecule has 1 aromatic heterocycles. The minimum Gasteiger partial charge on any atom is -0.513 e. The molecule has 0 radical (unpaired) electrons. The zero-order valence-corrected chi connectivity index (χ0v) is 22.3. The lowest BCUT2D eigenvalue weighted by molar-refractivity contribution is -0.0524.